The van der Waals surface area contributed by atoms with Gasteiger partial charge in [-0.15, -0.1) is 36.3 Å². The maximum Gasteiger partial charge on any atom is 0.213 e. The fourth-order valence-electron chi connectivity index (χ4n) is 2.18. The fraction of sp³-hybridized carbons (Fsp3) is 0.467. The molecule has 0 aliphatic carbocycles. The predicted octanol–water partition coefficient (Wildman–Crippen LogP) is 1.75. The van der Waals surface area contributed by atoms with Crippen molar-refractivity contribution < 1.29 is 4.74 Å². The molecule has 0 radical (unpaired) electrons. The number of ether oxygens (including phenoxy) is 1. The van der Waals surface area contributed by atoms with Gasteiger partial charge in [0.2, 0.25) is 5.88 Å². The Bertz CT molecular complexity index is 486. The molecule has 1 fully saturated rings. The summed E-state index contributed by atoms with van der Waals surface area (Å²) in [6.07, 6.45) is 8.79. The van der Waals surface area contributed by atoms with Gasteiger partial charge < -0.3 is 15.0 Å². The molecule has 1 aliphatic heterocycles. The fourth-order valence-corrected chi connectivity index (χ4v) is 2.18. The molecule has 1 atom stereocenters. The topological polar surface area (TPSA) is 49.8 Å². The zero-order valence-electron chi connectivity index (χ0n) is 12.2. The van der Waals surface area contributed by atoms with Crippen molar-refractivity contribution >= 4 is 29.9 Å². The zero-order valence-corrected chi connectivity index (χ0v) is 14.5. The van der Waals surface area contributed by atoms with Crippen LogP contribution in [0.15, 0.2) is 29.4 Å². The number of pyridine rings is 1. The lowest BCUT2D eigenvalue weighted by Gasteiger charge is -2.21. The average Bonchev–Trinajstić information content (AvgIpc) is 2.93. The number of nitrogens with zero attached hydrogens (tertiary/aromatic N) is 3. The van der Waals surface area contributed by atoms with Crippen molar-refractivity contribution in [1.82, 2.24) is 15.2 Å². The Hall–Kier alpha value is -1.49. The lowest BCUT2D eigenvalue weighted by Crippen LogP contribution is -2.41. The molecule has 2 heterocycles. The zero-order chi connectivity index (χ0) is 14.2. The Kier molecular flexibility index (Phi) is 7.90. The first-order chi connectivity index (χ1) is 9.83. The lowest BCUT2D eigenvalue weighted by atomic mass is 10.3. The maximum atomic E-state index is 5.86. The van der Waals surface area contributed by atoms with E-state index in [0.717, 1.165) is 32.0 Å². The summed E-state index contributed by atoms with van der Waals surface area (Å²) in [5.41, 5.74) is 0. The molecule has 1 aromatic rings. The molecule has 0 amide bonds. The second-order valence-corrected chi connectivity index (χ2v) is 4.57. The third kappa shape index (κ3) is 5.42. The van der Waals surface area contributed by atoms with Gasteiger partial charge >= 0.3 is 0 Å². The van der Waals surface area contributed by atoms with E-state index in [-0.39, 0.29) is 30.1 Å². The van der Waals surface area contributed by atoms with Crippen LogP contribution in [0.3, 0.4) is 0 Å². The van der Waals surface area contributed by atoms with Crippen LogP contribution in [0.2, 0.25) is 0 Å². The number of guanidine groups is 1. The maximum absolute atomic E-state index is 5.86. The smallest absolute Gasteiger partial charge is 0.213 e. The monoisotopic (exact) mass is 400 g/mol. The number of rotatable bonds is 4. The van der Waals surface area contributed by atoms with E-state index >= 15 is 0 Å². The minimum Gasteiger partial charge on any atom is -0.472 e. The summed E-state index contributed by atoms with van der Waals surface area (Å²) in [5.74, 6) is 4.17. The molecular weight excluding hydrogens is 379 g/mol. The van der Waals surface area contributed by atoms with E-state index in [9.17, 15) is 0 Å². The van der Waals surface area contributed by atoms with Gasteiger partial charge in [-0.05, 0) is 6.07 Å². The number of hydrogen-bond acceptors (Lipinski definition) is 3. The third-order valence-electron chi connectivity index (χ3n) is 3.13. The second kappa shape index (κ2) is 9.45. The van der Waals surface area contributed by atoms with E-state index in [1.165, 1.54) is 0 Å². The van der Waals surface area contributed by atoms with Crippen molar-refractivity contribution in [3.8, 4) is 18.2 Å². The van der Waals surface area contributed by atoms with Crippen LogP contribution in [0.5, 0.6) is 5.88 Å². The highest BCUT2D eigenvalue weighted by Crippen LogP contribution is 2.16. The predicted molar refractivity (Wildman–Crippen MR) is 95.1 cm³/mol. The van der Waals surface area contributed by atoms with Gasteiger partial charge in [0.15, 0.2) is 5.96 Å². The molecule has 0 aromatic carbocycles. The largest absolute Gasteiger partial charge is 0.472 e. The molecular formula is C15H21IN4O. The molecule has 114 valence electrons. The number of halogens is 1. The molecule has 0 spiro atoms. The first-order valence-corrected chi connectivity index (χ1v) is 6.80. The third-order valence-corrected chi connectivity index (χ3v) is 3.13. The highest BCUT2D eigenvalue weighted by atomic mass is 127. The van der Waals surface area contributed by atoms with Crippen molar-refractivity contribution in [3.63, 3.8) is 0 Å². The van der Waals surface area contributed by atoms with Crippen molar-refractivity contribution in [2.75, 3.05) is 26.7 Å². The molecule has 1 aliphatic rings. The summed E-state index contributed by atoms with van der Waals surface area (Å²) >= 11 is 0. The average molecular weight is 400 g/mol. The van der Waals surface area contributed by atoms with E-state index in [0.29, 0.717) is 12.3 Å². The van der Waals surface area contributed by atoms with Crippen molar-refractivity contribution in [3.05, 3.63) is 24.4 Å². The molecule has 1 unspecified atom stereocenters. The number of aromatic nitrogens is 1. The Morgan fingerprint density at radius 1 is 1.62 bits per heavy atom. The Morgan fingerprint density at radius 2 is 2.48 bits per heavy atom. The summed E-state index contributed by atoms with van der Waals surface area (Å²) in [6, 6.07) is 5.68. The Balaban J connectivity index is 0.00000220. The molecule has 0 bridgehead atoms. The molecule has 2 rings (SSSR count). The normalized spacial score (nSPS) is 17.8. The van der Waals surface area contributed by atoms with Crippen molar-refractivity contribution in [2.45, 2.75) is 18.9 Å². The van der Waals surface area contributed by atoms with Gasteiger partial charge in [-0.1, -0.05) is 6.07 Å². The molecule has 21 heavy (non-hydrogen) atoms. The van der Waals surface area contributed by atoms with Crippen LogP contribution in [0, 0.1) is 12.3 Å². The first-order valence-electron chi connectivity index (χ1n) is 6.80. The van der Waals surface area contributed by atoms with E-state index in [4.69, 9.17) is 11.2 Å². The number of hydrogen-bond donors (Lipinski definition) is 1. The summed E-state index contributed by atoms with van der Waals surface area (Å²) in [7, 11) is 1.78. The van der Waals surface area contributed by atoms with Crippen LogP contribution >= 0.6 is 24.0 Å². The van der Waals surface area contributed by atoms with E-state index in [1.807, 2.05) is 18.2 Å². The minimum atomic E-state index is 0. The standard InChI is InChI=1S/C15H20N4O.HI/c1-3-4-9-18-15(16-2)19-11-8-13(12-19)20-14-7-5-6-10-17-14;/h1,5-7,10,13H,4,8-9,11-12H2,2H3,(H,16,18);1H. The van der Waals surface area contributed by atoms with Crippen molar-refractivity contribution in [2.24, 2.45) is 4.99 Å². The van der Waals surface area contributed by atoms with Crippen molar-refractivity contribution in [1.29, 1.82) is 0 Å². The minimum absolute atomic E-state index is 0. The molecule has 6 heteroatoms. The summed E-state index contributed by atoms with van der Waals surface area (Å²) in [6.45, 7) is 2.48. The van der Waals surface area contributed by atoms with Gasteiger partial charge in [0.05, 0.1) is 6.54 Å². The van der Waals surface area contributed by atoms with Gasteiger partial charge in [-0.3, -0.25) is 4.99 Å². The molecule has 0 saturated carbocycles. The number of aliphatic imine (C=N–C) groups is 1. The second-order valence-electron chi connectivity index (χ2n) is 4.57. The van der Waals surface area contributed by atoms with Gasteiger partial charge in [-0.2, -0.15) is 0 Å². The Morgan fingerprint density at radius 3 is 3.14 bits per heavy atom. The molecule has 1 N–H and O–H groups in total. The van der Waals surface area contributed by atoms with Crippen LogP contribution in [0.1, 0.15) is 12.8 Å². The van der Waals surface area contributed by atoms with Gasteiger partial charge in [-0.25, -0.2) is 4.98 Å². The molecule has 5 nitrogen and oxygen atoms in total. The van der Waals surface area contributed by atoms with Crippen LogP contribution in [0.4, 0.5) is 0 Å². The molecule has 1 aromatic heterocycles. The van der Waals surface area contributed by atoms with Gasteiger partial charge in [0, 0.05) is 45.2 Å². The van der Waals surface area contributed by atoms with Crippen LogP contribution < -0.4 is 10.1 Å². The van der Waals surface area contributed by atoms with Gasteiger partial charge in [0.25, 0.3) is 0 Å². The summed E-state index contributed by atoms with van der Waals surface area (Å²) in [5, 5.41) is 3.26. The van der Waals surface area contributed by atoms with Crippen LogP contribution in [0.25, 0.3) is 0 Å². The van der Waals surface area contributed by atoms with E-state index in [2.05, 4.69) is 26.1 Å². The quantitative estimate of drug-likeness (QED) is 0.275. The van der Waals surface area contributed by atoms with Crippen LogP contribution in [-0.2, 0) is 0 Å². The Labute approximate surface area is 143 Å². The van der Waals surface area contributed by atoms with E-state index < -0.39 is 0 Å². The van der Waals surface area contributed by atoms with Gasteiger partial charge in [0.1, 0.15) is 6.10 Å². The summed E-state index contributed by atoms with van der Waals surface area (Å²) in [4.78, 5) is 10.6. The van der Waals surface area contributed by atoms with E-state index in [1.54, 1.807) is 13.2 Å². The number of likely N-dealkylation sites (tertiary alicyclic amines) is 1. The highest BCUT2D eigenvalue weighted by molar-refractivity contribution is 14.0. The highest BCUT2D eigenvalue weighted by Gasteiger charge is 2.26. The first kappa shape index (κ1) is 17.6. The number of nitrogens with one attached hydrogen (secondary N) is 1. The van der Waals surface area contributed by atoms with Crippen LogP contribution in [-0.4, -0.2) is 48.6 Å². The molecule has 1 saturated heterocycles. The summed E-state index contributed by atoms with van der Waals surface area (Å²) < 4.78 is 5.86. The number of terminal acetylenes is 1. The lowest BCUT2D eigenvalue weighted by molar-refractivity contribution is 0.205. The SMILES string of the molecule is C#CCCNC(=NC)N1CCC(Oc2ccccn2)C1.I.